The number of sulfonamides is 1. The average Bonchev–Trinajstić information content (AvgIpc) is 2.77. The number of nitrogens with zero attached hydrogens (tertiary/aromatic N) is 2. The quantitative estimate of drug-likeness (QED) is 0.769. The number of nitrogens with one attached hydrogen (secondary N) is 1. The van der Waals surface area contributed by atoms with Crippen molar-refractivity contribution in [3.63, 3.8) is 0 Å². The Labute approximate surface area is 146 Å². The molecule has 0 unspecified atom stereocenters. The monoisotopic (exact) mass is 367 g/mol. The van der Waals surface area contributed by atoms with Gasteiger partial charge in [0.2, 0.25) is 5.91 Å². The number of carboxylic acid groups (broad SMARTS) is 1. The molecule has 1 heterocycles. The molecule has 1 aliphatic rings. The van der Waals surface area contributed by atoms with Crippen molar-refractivity contribution in [2.45, 2.75) is 37.1 Å². The molecule has 0 bridgehead atoms. The van der Waals surface area contributed by atoms with E-state index in [1.54, 1.807) is 39.1 Å². The van der Waals surface area contributed by atoms with Crippen LogP contribution in [0.2, 0.25) is 0 Å². The second-order valence-corrected chi connectivity index (χ2v) is 8.14. The molecule has 0 spiro atoms. The van der Waals surface area contributed by atoms with Gasteiger partial charge >= 0.3 is 5.97 Å². The largest absolute Gasteiger partial charge is 0.481 e. The molecular weight excluding hydrogens is 346 g/mol. The second kappa shape index (κ2) is 6.83. The molecule has 0 fully saturated rings. The molecule has 0 saturated heterocycles. The molecule has 1 aromatic rings. The Balaban J connectivity index is 2.07. The lowest BCUT2D eigenvalue weighted by Gasteiger charge is -2.27. The summed E-state index contributed by atoms with van der Waals surface area (Å²) < 4.78 is 27.9. The van der Waals surface area contributed by atoms with Crippen LogP contribution in [0.25, 0.3) is 0 Å². The molecule has 1 aromatic carbocycles. The van der Waals surface area contributed by atoms with E-state index >= 15 is 0 Å². The number of aliphatic carboxylic acids is 1. The highest BCUT2D eigenvalue weighted by Crippen LogP contribution is 2.26. The van der Waals surface area contributed by atoms with Gasteiger partial charge in [0.1, 0.15) is 4.90 Å². The van der Waals surface area contributed by atoms with Crippen LogP contribution in [0.5, 0.6) is 0 Å². The molecule has 2 rings (SSSR count). The smallest absolute Gasteiger partial charge is 0.303 e. The summed E-state index contributed by atoms with van der Waals surface area (Å²) in [7, 11) is -2.16. The van der Waals surface area contributed by atoms with Crippen LogP contribution in [0.3, 0.4) is 0 Å². The first-order valence-corrected chi connectivity index (χ1v) is 9.14. The van der Waals surface area contributed by atoms with Crippen molar-refractivity contribution in [1.82, 2.24) is 10.2 Å². The van der Waals surface area contributed by atoms with Crippen LogP contribution in [0.1, 0.15) is 32.3 Å². The number of carbonyl (C=O) groups is 2. The molecule has 1 amide bonds. The predicted octanol–water partition coefficient (Wildman–Crippen LogP) is 0.827. The Kier molecular flexibility index (Phi) is 5.17. The molecule has 136 valence electrons. The predicted molar refractivity (Wildman–Crippen MR) is 91.9 cm³/mol. The van der Waals surface area contributed by atoms with Crippen molar-refractivity contribution >= 4 is 27.7 Å². The van der Waals surface area contributed by atoms with Gasteiger partial charge in [-0.2, -0.15) is 8.42 Å². The number of rotatable bonds is 6. The van der Waals surface area contributed by atoms with Crippen LogP contribution in [0, 0.1) is 0 Å². The van der Waals surface area contributed by atoms with E-state index in [0.717, 1.165) is 0 Å². The summed E-state index contributed by atoms with van der Waals surface area (Å²) in [5.74, 6) is -1.06. The van der Waals surface area contributed by atoms with Gasteiger partial charge in [-0.25, -0.2) is 0 Å². The van der Waals surface area contributed by atoms with Gasteiger partial charge in [-0.15, -0.1) is 4.40 Å². The van der Waals surface area contributed by atoms with Crippen molar-refractivity contribution < 1.29 is 23.1 Å². The second-order valence-electron chi connectivity index (χ2n) is 6.57. The molecule has 0 aliphatic carbocycles. The van der Waals surface area contributed by atoms with E-state index in [-0.39, 0.29) is 36.0 Å². The molecule has 0 radical (unpaired) electrons. The Morgan fingerprint density at radius 1 is 1.28 bits per heavy atom. The van der Waals surface area contributed by atoms with Crippen molar-refractivity contribution in [2.24, 2.45) is 4.40 Å². The number of carboxylic acids is 1. The summed E-state index contributed by atoms with van der Waals surface area (Å²) >= 11 is 0. The minimum absolute atomic E-state index is 0.0541. The van der Waals surface area contributed by atoms with Crippen LogP contribution in [-0.4, -0.2) is 55.3 Å². The first-order chi connectivity index (χ1) is 11.5. The van der Waals surface area contributed by atoms with Crippen LogP contribution >= 0.6 is 0 Å². The molecule has 25 heavy (non-hydrogen) atoms. The standard InChI is InChI=1S/C16H21N3O5S/c1-16(2,9-8-14(21)22)17-13(20)10-19(3)15-11-6-4-5-7-12(11)25(23,24)18-15/h4-7H,8-10H2,1-3H3,(H,17,20)(H,21,22). The minimum atomic E-state index is -3.74. The van der Waals surface area contributed by atoms with E-state index in [4.69, 9.17) is 5.11 Å². The molecule has 8 nitrogen and oxygen atoms in total. The van der Waals surface area contributed by atoms with E-state index in [1.165, 1.54) is 11.0 Å². The number of benzene rings is 1. The Hall–Kier alpha value is -2.42. The number of hydrogen-bond donors (Lipinski definition) is 2. The maximum atomic E-state index is 12.2. The fourth-order valence-electron chi connectivity index (χ4n) is 2.55. The third-order valence-electron chi connectivity index (χ3n) is 3.80. The molecule has 9 heteroatoms. The Bertz CT molecular complexity index is 830. The number of amidine groups is 1. The number of fused-ring (bicyclic) bond motifs is 1. The molecule has 0 saturated carbocycles. The van der Waals surface area contributed by atoms with E-state index in [2.05, 4.69) is 9.71 Å². The highest BCUT2D eigenvalue weighted by Gasteiger charge is 2.31. The fraction of sp³-hybridized carbons (Fsp3) is 0.438. The van der Waals surface area contributed by atoms with Crippen LogP contribution < -0.4 is 5.32 Å². The Morgan fingerprint density at radius 3 is 2.56 bits per heavy atom. The van der Waals surface area contributed by atoms with E-state index in [1.807, 2.05) is 0 Å². The van der Waals surface area contributed by atoms with E-state index < -0.39 is 21.5 Å². The van der Waals surface area contributed by atoms with Gasteiger partial charge in [-0.1, -0.05) is 12.1 Å². The average molecular weight is 367 g/mol. The van der Waals surface area contributed by atoms with Gasteiger partial charge in [0.15, 0.2) is 5.84 Å². The summed E-state index contributed by atoms with van der Waals surface area (Å²) in [6, 6.07) is 6.44. The molecular formula is C16H21N3O5S. The SMILES string of the molecule is CN(CC(=O)NC(C)(C)CCC(=O)O)C1=NS(=O)(=O)c2ccccc21. The normalized spacial score (nSPS) is 15.2. The number of carbonyl (C=O) groups excluding carboxylic acids is 1. The maximum absolute atomic E-state index is 12.2. The zero-order chi connectivity index (χ0) is 18.8. The van der Waals surface area contributed by atoms with Crippen molar-refractivity contribution in [2.75, 3.05) is 13.6 Å². The molecule has 1 aliphatic heterocycles. The van der Waals surface area contributed by atoms with Crippen molar-refractivity contribution in [3.05, 3.63) is 29.8 Å². The third kappa shape index (κ3) is 4.56. The van der Waals surface area contributed by atoms with Crippen molar-refractivity contribution in [3.8, 4) is 0 Å². The number of likely N-dealkylation sites (N-methyl/N-ethyl adjacent to an activating group) is 1. The van der Waals surface area contributed by atoms with Crippen LogP contribution in [0.15, 0.2) is 33.6 Å². The first-order valence-electron chi connectivity index (χ1n) is 7.70. The minimum Gasteiger partial charge on any atom is -0.481 e. The number of amides is 1. The highest BCUT2D eigenvalue weighted by molar-refractivity contribution is 7.90. The molecule has 0 atom stereocenters. The summed E-state index contributed by atoms with van der Waals surface area (Å²) in [5, 5.41) is 11.5. The lowest BCUT2D eigenvalue weighted by molar-refractivity contribution is -0.137. The van der Waals surface area contributed by atoms with Gasteiger partial charge in [0.05, 0.1) is 6.54 Å². The topological polar surface area (TPSA) is 116 Å². The molecule has 2 N–H and O–H groups in total. The Morgan fingerprint density at radius 2 is 1.92 bits per heavy atom. The maximum Gasteiger partial charge on any atom is 0.303 e. The fourth-order valence-corrected chi connectivity index (χ4v) is 3.80. The van der Waals surface area contributed by atoms with E-state index in [0.29, 0.717) is 5.56 Å². The highest BCUT2D eigenvalue weighted by atomic mass is 32.2. The van der Waals surface area contributed by atoms with Crippen LogP contribution in [-0.2, 0) is 19.6 Å². The zero-order valence-corrected chi connectivity index (χ0v) is 15.1. The van der Waals surface area contributed by atoms with E-state index in [9.17, 15) is 18.0 Å². The summed E-state index contributed by atoms with van der Waals surface area (Å²) in [6.45, 7) is 3.38. The van der Waals surface area contributed by atoms with Crippen LogP contribution in [0.4, 0.5) is 0 Å². The zero-order valence-electron chi connectivity index (χ0n) is 14.3. The lowest BCUT2D eigenvalue weighted by atomic mass is 9.98. The van der Waals surface area contributed by atoms with Gasteiger partial charge in [-0.3, -0.25) is 9.59 Å². The summed E-state index contributed by atoms with van der Waals surface area (Å²) in [5.41, 5.74) is -0.222. The van der Waals surface area contributed by atoms with Gasteiger partial charge in [-0.05, 0) is 32.4 Å². The molecule has 0 aromatic heterocycles. The van der Waals surface area contributed by atoms with Crippen molar-refractivity contribution in [1.29, 1.82) is 0 Å². The third-order valence-corrected chi connectivity index (χ3v) is 5.12. The summed E-state index contributed by atoms with van der Waals surface area (Å²) in [4.78, 5) is 24.5. The van der Waals surface area contributed by atoms with Gasteiger partial charge in [0.25, 0.3) is 10.0 Å². The lowest BCUT2D eigenvalue weighted by Crippen LogP contribution is -2.48. The summed E-state index contributed by atoms with van der Waals surface area (Å²) in [6.07, 6.45) is 0.234. The van der Waals surface area contributed by atoms with Gasteiger partial charge < -0.3 is 15.3 Å². The first kappa shape index (κ1) is 18.9. The van der Waals surface area contributed by atoms with Gasteiger partial charge in [0, 0.05) is 24.6 Å². The number of hydrogen-bond acceptors (Lipinski definition) is 5.